The first-order valence-corrected chi connectivity index (χ1v) is 6.23. The van der Waals surface area contributed by atoms with Gasteiger partial charge in [-0.25, -0.2) is 0 Å². The van der Waals surface area contributed by atoms with E-state index in [0.717, 1.165) is 23.4 Å². The largest absolute Gasteiger partial charge is 0.481 e. The number of aryl methyl sites for hydroxylation is 1. The molecule has 0 fully saturated rings. The Morgan fingerprint density at radius 3 is 2.63 bits per heavy atom. The van der Waals surface area contributed by atoms with Gasteiger partial charge in [-0.2, -0.15) is 5.10 Å². The molecule has 0 aliphatic rings. The summed E-state index contributed by atoms with van der Waals surface area (Å²) in [4.78, 5) is 10.6. The summed E-state index contributed by atoms with van der Waals surface area (Å²) in [6.45, 7) is 3.62. The highest BCUT2D eigenvalue weighted by molar-refractivity contribution is 5.70. The van der Waals surface area contributed by atoms with Crippen molar-refractivity contribution in [3.63, 3.8) is 0 Å². The lowest BCUT2D eigenvalue weighted by Crippen LogP contribution is -2.01. The molecule has 19 heavy (non-hydrogen) atoms. The van der Waals surface area contributed by atoms with Crippen LogP contribution in [0.5, 0.6) is 0 Å². The van der Waals surface area contributed by atoms with Gasteiger partial charge in [0.1, 0.15) is 0 Å². The maximum atomic E-state index is 10.6. The van der Waals surface area contributed by atoms with E-state index in [1.165, 1.54) is 0 Å². The van der Waals surface area contributed by atoms with Crippen molar-refractivity contribution in [3.05, 3.63) is 47.8 Å². The monoisotopic (exact) mass is 259 g/mol. The lowest BCUT2D eigenvalue weighted by Gasteiger charge is -2.05. The molecule has 1 heterocycles. The predicted molar refractivity (Wildman–Crippen MR) is 73.0 cm³/mol. The molecular weight excluding hydrogens is 242 g/mol. The van der Waals surface area contributed by atoms with E-state index in [-0.39, 0.29) is 6.42 Å². The minimum absolute atomic E-state index is 0.0591. The van der Waals surface area contributed by atoms with Crippen molar-refractivity contribution >= 4 is 11.7 Å². The molecule has 0 amide bonds. The second-order valence-corrected chi connectivity index (χ2v) is 4.33. The van der Waals surface area contributed by atoms with Crippen LogP contribution in [0, 0.1) is 0 Å². The van der Waals surface area contributed by atoms with Gasteiger partial charge in [-0.3, -0.25) is 9.48 Å². The molecule has 1 aromatic heterocycles. The summed E-state index contributed by atoms with van der Waals surface area (Å²) in [5.74, 6) is -0.812. The number of nitrogens with zero attached hydrogens (tertiary/aromatic N) is 2. The number of carbonyl (C=O) groups is 1. The van der Waals surface area contributed by atoms with Crippen molar-refractivity contribution in [2.24, 2.45) is 0 Å². The van der Waals surface area contributed by atoms with E-state index >= 15 is 0 Å². The Balaban J connectivity index is 1.90. The molecule has 2 aromatic rings. The van der Waals surface area contributed by atoms with Gasteiger partial charge < -0.3 is 10.4 Å². The number of hydrogen-bond donors (Lipinski definition) is 2. The highest BCUT2D eigenvalue weighted by Gasteiger charge is 2.01. The summed E-state index contributed by atoms with van der Waals surface area (Å²) in [6.07, 6.45) is 3.91. The third-order valence-electron chi connectivity index (χ3n) is 2.82. The number of carboxylic acid groups (broad SMARTS) is 1. The van der Waals surface area contributed by atoms with E-state index in [0.29, 0.717) is 6.54 Å². The summed E-state index contributed by atoms with van der Waals surface area (Å²) in [6, 6.07) is 7.43. The smallest absolute Gasteiger partial charge is 0.307 e. The number of hydrogen-bond acceptors (Lipinski definition) is 3. The molecule has 0 bridgehead atoms. The summed E-state index contributed by atoms with van der Waals surface area (Å²) in [5, 5.41) is 16.2. The second-order valence-electron chi connectivity index (χ2n) is 4.33. The second kappa shape index (κ2) is 6.04. The van der Waals surface area contributed by atoms with E-state index in [1.807, 2.05) is 48.3 Å². The summed E-state index contributed by atoms with van der Waals surface area (Å²) >= 11 is 0. The van der Waals surface area contributed by atoms with Crippen LogP contribution < -0.4 is 5.32 Å². The SMILES string of the molecule is CCn1cc(CNc2ccc(CC(=O)O)cc2)cn1. The fraction of sp³-hybridized carbons (Fsp3) is 0.286. The molecule has 1 aromatic carbocycles. The van der Waals surface area contributed by atoms with E-state index < -0.39 is 5.97 Å². The highest BCUT2D eigenvalue weighted by atomic mass is 16.4. The number of benzene rings is 1. The van der Waals surface area contributed by atoms with E-state index in [9.17, 15) is 4.79 Å². The van der Waals surface area contributed by atoms with Crippen molar-refractivity contribution < 1.29 is 9.90 Å². The van der Waals surface area contributed by atoms with Crippen LogP contribution in [0.1, 0.15) is 18.1 Å². The number of aromatic nitrogens is 2. The van der Waals surface area contributed by atoms with E-state index in [2.05, 4.69) is 10.4 Å². The molecule has 0 aliphatic carbocycles. The molecule has 0 atom stereocenters. The lowest BCUT2D eigenvalue weighted by molar-refractivity contribution is -0.136. The van der Waals surface area contributed by atoms with Crippen molar-refractivity contribution in [1.82, 2.24) is 9.78 Å². The molecule has 5 heteroatoms. The predicted octanol–water partition coefficient (Wildman–Crippen LogP) is 2.14. The Morgan fingerprint density at radius 2 is 2.05 bits per heavy atom. The fourth-order valence-electron chi connectivity index (χ4n) is 1.79. The van der Waals surface area contributed by atoms with Crippen LogP contribution in [-0.4, -0.2) is 20.9 Å². The van der Waals surface area contributed by atoms with Gasteiger partial charge in [-0.05, 0) is 24.6 Å². The van der Waals surface area contributed by atoms with Crippen LogP contribution in [-0.2, 0) is 24.3 Å². The Labute approximate surface area is 111 Å². The summed E-state index contributed by atoms with van der Waals surface area (Å²) in [7, 11) is 0. The van der Waals surface area contributed by atoms with Gasteiger partial charge >= 0.3 is 5.97 Å². The van der Waals surface area contributed by atoms with Gasteiger partial charge in [0.25, 0.3) is 0 Å². The van der Waals surface area contributed by atoms with Gasteiger partial charge in [0, 0.05) is 30.5 Å². The normalized spacial score (nSPS) is 10.4. The maximum Gasteiger partial charge on any atom is 0.307 e. The minimum Gasteiger partial charge on any atom is -0.481 e. The van der Waals surface area contributed by atoms with Gasteiger partial charge in [0.05, 0.1) is 12.6 Å². The standard InChI is InChI=1S/C14H17N3O2/c1-2-17-10-12(9-16-17)8-15-13-5-3-11(4-6-13)7-14(18)19/h3-6,9-10,15H,2,7-8H2,1H3,(H,18,19). The van der Waals surface area contributed by atoms with Gasteiger partial charge in [0.15, 0.2) is 0 Å². The van der Waals surface area contributed by atoms with Gasteiger partial charge in [0.2, 0.25) is 0 Å². The topological polar surface area (TPSA) is 67.2 Å². The zero-order chi connectivity index (χ0) is 13.7. The third-order valence-corrected chi connectivity index (χ3v) is 2.82. The quantitative estimate of drug-likeness (QED) is 0.834. The molecule has 0 radical (unpaired) electrons. The molecule has 5 nitrogen and oxygen atoms in total. The summed E-state index contributed by atoms with van der Waals surface area (Å²) in [5.41, 5.74) is 2.90. The van der Waals surface area contributed by atoms with Crippen LogP contribution >= 0.6 is 0 Å². The number of aliphatic carboxylic acids is 1. The molecule has 0 unspecified atom stereocenters. The van der Waals surface area contributed by atoms with Crippen LogP contribution in [0.2, 0.25) is 0 Å². The van der Waals surface area contributed by atoms with Crippen LogP contribution in [0.4, 0.5) is 5.69 Å². The van der Waals surface area contributed by atoms with Crippen LogP contribution in [0.25, 0.3) is 0 Å². The third kappa shape index (κ3) is 3.84. The Morgan fingerprint density at radius 1 is 1.32 bits per heavy atom. The fourth-order valence-corrected chi connectivity index (χ4v) is 1.79. The zero-order valence-electron chi connectivity index (χ0n) is 10.8. The molecule has 0 saturated carbocycles. The Bertz CT molecular complexity index is 546. The van der Waals surface area contributed by atoms with Crippen molar-refractivity contribution in [1.29, 1.82) is 0 Å². The first-order valence-electron chi connectivity index (χ1n) is 6.23. The first kappa shape index (κ1) is 13.1. The highest BCUT2D eigenvalue weighted by Crippen LogP contribution is 2.11. The number of nitrogens with one attached hydrogen (secondary N) is 1. The van der Waals surface area contributed by atoms with Crippen molar-refractivity contribution in [2.45, 2.75) is 26.4 Å². The van der Waals surface area contributed by atoms with E-state index in [1.54, 1.807) is 0 Å². The maximum absolute atomic E-state index is 10.6. The minimum atomic E-state index is -0.812. The lowest BCUT2D eigenvalue weighted by atomic mass is 10.1. The van der Waals surface area contributed by atoms with Crippen molar-refractivity contribution in [2.75, 3.05) is 5.32 Å². The number of rotatable bonds is 6. The molecule has 0 saturated heterocycles. The van der Waals surface area contributed by atoms with Crippen LogP contribution in [0.3, 0.4) is 0 Å². The first-order chi connectivity index (χ1) is 9.17. The average Bonchev–Trinajstić information content (AvgIpc) is 2.85. The molecule has 2 N–H and O–H groups in total. The number of anilines is 1. The molecule has 2 rings (SSSR count). The molecule has 0 spiro atoms. The Kier molecular flexibility index (Phi) is 4.18. The molecule has 100 valence electrons. The Hall–Kier alpha value is -2.30. The average molecular weight is 259 g/mol. The van der Waals surface area contributed by atoms with E-state index in [4.69, 9.17) is 5.11 Å². The van der Waals surface area contributed by atoms with Gasteiger partial charge in [-0.1, -0.05) is 12.1 Å². The molecular formula is C14H17N3O2. The number of carboxylic acids is 1. The zero-order valence-corrected chi connectivity index (χ0v) is 10.8. The summed E-state index contributed by atoms with van der Waals surface area (Å²) < 4.78 is 1.88. The van der Waals surface area contributed by atoms with Gasteiger partial charge in [-0.15, -0.1) is 0 Å². The van der Waals surface area contributed by atoms with Crippen molar-refractivity contribution in [3.8, 4) is 0 Å². The van der Waals surface area contributed by atoms with Crippen LogP contribution in [0.15, 0.2) is 36.7 Å². The molecule has 0 aliphatic heterocycles.